The fraction of sp³-hybridized carbons (Fsp3) is 0.611. The van der Waals surface area contributed by atoms with Gasteiger partial charge in [0.05, 0.1) is 19.8 Å². The minimum absolute atomic E-state index is 0.00132. The van der Waals surface area contributed by atoms with Crippen molar-refractivity contribution in [2.45, 2.75) is 37.7 Å². The number of benzene rings is 1. The Morgan fingerprint density at radius 1 is 1.22 bits per heavy atom. The van der Waals surface area contributed by atoms with Gasteiger partial charge in [0.2, 0.25) is 0 Å². The average molecular weight is 319 g/mol. The second-order valence-corrected chi connectivity index (χ2v) is 6.62. The van der Waals surface area contributed by atoms with Crippen LogP contribution in [-0.2, 0) is 0 Å². The predicted octanol–water partition coefficient (Wildman–Crippen LogP) is 2.47. The number of piperidine rings is 1. The molecule has 2 aliphatic rings. The van der Waals surface area contributed by atoms with Crippen molar-refractivity contribution in [3.63, 3.8) is 0 Å². The average Bonchev–Trinajstić information content (AvgIpc) is 2.59. The molecule has 0 aromatic heterocycles. The van der Waals surface area contributed by atoms with E-state index in [1.54, 1.807) is 32.4 Å². The molecule has 3 rings (SSSR count). The molecule has 5 nitrogen and oxygen atoms in total. The summed E-state index contributed by atoms with van der Waals surface area (Å²) >= 11 is 0. The van der Waals surface area contributed by atoms with Gasteiger partial charge in [-0.1, -0.05) is 12.8 Å². The van der Waals surface area contributed by atoms with Crippen LogP contribution in [0.4, 0.5) is 0 Å². The Balaban J connectivity index is 1.76. The van der Waals surface area contributed by atoms with Crippen LogP contribution in [0.25, 0.3) is 0 Å². The highest BCUT2D eigenvalue weighted by Crippen LogP contribution is 2.40. The number of hydrogen-bond acceptors (Lipinski definition) is 4. The van der Waals surface area contributed by atoms with E-state index in [1.807, 2.05) is 4.90 Å². The minimum atomic E-state index is -0.563. The summed E-state index contributed by atoms with van der Waals surface area (Å²) in [4.78, 5) is 14.7. The molecule has 1 aliphatic carbocycles. The van der Waals surface area contributed by atoms with E-state index in [1.165, 1.54) is 0 Å². The van der Waals surface area contributed by atoms with Crippen LogP contribution in [0.3, 0.4) is 0 Å². The first kappa shape index (κ1) is 16.1. The Labute approximate surface area is 137 Å². The lowest BCUT2D eigenvalue weighted by Gasteiger charge is -2.47. The molecule has 0 spiro atoms. The maximum absolute atomic E-state index is 12.8. The van der Waals surface area contributed by atoms with E-state index < -0.39 is 5.60 Å². The van der Waals surface area contributed by atoms with Gasteiger partial charge >= 0.3 is 0 Å². The van der Waals surface area contributed by atoms with E-state index in [4.69, 9.17) is 9.47 Å². The number of rotatable bonds is 3. The van der Waals surface area contributed by atoms with Crippen LogP contribution < -0.4 is 9.47 Å². The molecule has 1 aromatic rings. The number of carbonyl (C=O) groups is 1. The lowest BCUT2D eigenvalue weighted by Crippen LogP contribution is -2.54. The van der Waals surface area contributed by atoms with E-state index in [-0.39, 0.29) is 11.8 Å². The molecule has 2 fully saturated rings. The number of methoxy groups -OCH3 is 2. The third kappa shape index (κ3) is 3.02. The molecule has 1 heterocycles. The third-order valence-electron chi connectivity index (χ3n) is 5.35. The van der Waals surface area contributed by atoms with Gasteiger partial charge in [0.1, 0.15) is 0 Å². The zero-order valence-corrected chi connectivity index (χ0v) is 13.9. The number of amides is 1. The molecule has 1 aliphatic heterocycles. The summed E-state index contributed by atoms with van der Waals surface area (Å²) in [5, 5.41) is 10.7. The van der Waals surface area contributed by atoms with Gasteiger partial charge in [-0.15, -0.1) is 0 Å². The summed E-state index contributed by atoms with van der Waals surface area (Å²) in [6.45, 7) is 1.25. The Morgan fingerprint density at radius 2 is 2.00 bits per heavy atom. The van der Waals surface area contributed by atoms with E-state index in [9.17, 15) is 9.90 Å². The molecule has 1 amide bonds. The topological polar surface area (TPSA) is 59.0 Å². The first-order valence-electron chi connectivity index (χ1n) is 8.31. The van der Waals surface area contributed by atoms with Crippen molar-refractivity contribution in [3.8, 4) is 11.5 Å². The summed E-state index contributed by atoms with van der Waals surface area (Å²) in [6, 6.07) is 5.25. The largest absolute Gasteiger partial charge is 0.493 e. The second-order valence-electron chi connectivity index (χ2n) is 6.62. The minimum Gasteiger partial charge on any atom is -0.493 e. The molecular weight excluding hydrogens is 294 g/mol. The zero-order chi connectivity index (χ0) is 16.4. The number of hydrogen-bond donors (Lipinski definition) is 1. The number of nitrogens with zero attached hydrogens (tertiary/aromatic N) is 1. The molecule has 1 N–H and O–H groups in total. The Morgan fingerprint density at radius 3 is 2.74 bits per heavy atom. The van der Waals surface area contributed by atoms with E-state index in [0.29, 0.717) is 36.6 Å². The highest BCUT2D eigenvalue weighted by atomic mass is 16.5. The van der Waals surface area contributed by atoms with E-state index in [0.717, 1.165) is 25.7 Å². The summed E-state index contributed by atoms with van der Waals surface area (Å²) < 4.78 is 10.5. The fourth-order valence-electron chi connectivity index (χ4n) is 3.91. The van der Waals surface area contributed by atoms with Crippen LogP contribution >= 0.6 is 0 Å². The van der Waals surface area contributed by atoms with Crippen LogP contribution in [0.5, 0.6) is 11.5 Å². The van der Waals surface area contributed by atoms with Gasteiger partial charge in [0.15, 0.2) is 11.5 Å². The summed E-state index contributed by atoms with van der Waals surface area (Å²) in [5.41, 5.74) is 0.0380. The third-order valence-corrected chi connectivity index (χ3v) is 5.35. The molecule has 0 radical (unpaired) electrons. The predicted molar refractivity (Wildman–Crippen MR) is 87.0 cm³/mol. The maximum atomic E-state index is 12.8. The van der Waals surface area contributed by atoms with Crippen LogP contribution in [0, 0.1) is 5.92 Å². The first-order valence-corrected chi connectivity index (χ1v) is 8.31. The van der Waals surface area contributed by atoms with Gasteiger partial charge in [-0.2, -0.15) is 0 Å². The van der Waals surface area contributed by atoms with Crippen LogP contribution in [-0.4, -0.2) is 48.8 Å². The van der Waals surface area contributed by atoms with Gasteiger partial charge in [0.25, 0.3) is 5.91 Å². The Bertz CT molecular complexity index is 588. The fourth-order valence-corrected chi connectivity index (χ4v) is 3.91. The smallest absolute Gasteiger partial charge is 0.254 e. The van der Waals surface area contributed by atoms with Crippen molar-refractivity contribution in [1.82, 2.24) is 4.90 Å². The van der Waals surface area contributed by atoms with Crippen molar-refractivity contribution in [2.24, 2.45) is 5.92 Å². The number of ether oxygens (including phenoxy) is 2. The molecule has 2 atom stereocenters. The van der Waals surface area contributed by atoms with Gasteiger partial charge in [-0.3, -0.25) is 4.79 Å². The second kappa shape index (κ2) is 6.40. The van der Waals surface area contributed by atoms with Gasteiger partial charge in [-0.25, -0.2) is 0 Å². The highest BCUT2D eigenvalue weighted by molar-refractivity contribution is 5.95. The lowest BCUT2D eigenvalue weighted by atomic mass is 9.71. The molecule has 23 heavy (non-hydrogen) atoms. The highest BCUT2D eigenvalue weighted by Gasteiger charge is 2.43. The van der Waals surface area contributed by atoms with Crippen LogP contribution in [0.1, 0.15) is 42.5 Å². The maximum Gasteiger partial charge on any atom is 0.254 e. The number of fused-ring (bicyclic) bond motifs is 1. The van der Waals surface area contributed by atoms with Crippen LogP contribution in [0.15, 0.2) is 18.2 Å². The number of carbonyl (C=O) groups excluding carboxylic acids is 1. The molecule has 5 heteroatoms. The number of likely N-dealkylation sites (tertiary alicyclic amines) is 1. The SMILES string of the molecule is COc1ccc(C(=O)N2CC[C@]3(O)CCCC[C@H]3C2)cc1OC. The van der Waals surface area contributed by atoms with Gasteiger partial charge < -0.3 is 19.5 Å². The van der Waals surface area contributed by atoms with Crippen LogP contribution in [0.2, 0.25) is 0 Å². The summed E-state index contributed by atoms with van der Waals surface area (Å²) in [6.07, 6.45) is 4.79. The molecule has 0 unspecified atom stereocenters. The quantitative estimate of drug-likeness (QED) is 0.930. The molecule has 0 bridgehead atoms. The van der Waals surface area contributed by atoms with Crippen molar-refractivity contribution < 1.29 is 19.4 Å². The van der Waals surface area contributed by atoms with Crippen molar-refractivity contribution in [2.75, 3.05) is 27.3 Å². The Kier molecular flexibility index (Phi) is 4.48. The zero-order valence-electron chi connectivity index (χ0n) is 13.9. The van der Waals surface area contributed by atoms with E-state index in [2.05, 4.69) is 0 Å². The van der Waals surface area contributed by atoms with Gasteiger partial charge in [0, 0.05) is 24.6 Å². The lowest BCUT2D eigenvalue weighted by molar-refractivity contribution is -0.0886. The van der Waals surface area contributed by atoms with Gasteiger partial charge in [-0.05, 0) is 37.5 Å². The molecule has 1 saturated carbocycles. The van der Waals surface area contributed by atoms with E-state index >= 15 is 0 Å². The monoisotopic (exact) mass is 319 g/mol. The van der Waals surface area contributed by atoms with Crippen molar-refractivity contribution in [3.05, 3.63) is 23.8 Å². The normalized spacial score (nSPS) is 27.3. The Hall–Kier alpha value is -1.75. The molecule has 1 aromatic carbocycles. The molecule has 126 valence electrons. The van der Waals surface area contributed by atoms with Crippen molar-refractivity contribution in [1.29, 1.82) is 0 Å². The standard InChI is InChI=1S/C18H25NO4/c1-22-15-7-6-13(11-16(15)23-2)17(20)19-10-9-18(21)8-4-3-5-14(18)12-19/h6-7,11,14,21H,3-5,8-10,12H2,1-2H3/t14-,18+/m0/s1. The summed E-state index contributed by atoms with van der Waals surface area (Å²) in [5.74, 6) is 1.38. The first-order chi connectivity index (χ1) is 11.1. The van der Waals surface area contributed by atoms with Crippen molar-refractivity contribution >= 4 is 5.91 Å². The number of aliphatic hydroxyl groups is 1. The molecular formula is C18H25NO4. The molecule has 1 saturated heterocycles. The summed E-state index contributed by atoms with van der Waals surface area (Å²) in [7, 11) is 3.14.